The van der Waals surface area contributed by atoms with Crippen LogP contribution in [-0.2, 0) is 4.79 Å². The van der Waals surface area contributed by atoms with Crippen LogP contribution in [0, 0.1) is 6.92 Å². The Labute approximate surface area is 181 Å². The number of hydrogen-bond donors (Lipinski definition) is 2. The van der Waals surface area contributed by atoms with Crippen LogP contribution in [-0.4, -0.2) is 34.8 Å². The first kappa shape index (κ1) is 20.5. The van der Waals surface area contributed by atoms with Crippen LogP contribution in [0.2, 0.25) is 0 Å². The maximum atomic E-state index is 12.4. The molecule has 1 aliphatic rings. The lowest BCUT2D eigenvalue weighted by Crippen LogP contribution is -2.33. The first-order valence-corrected chi connectivity index (χ1v) is 11.3. The number of H-pyrrole nitrogens is 1. The average molecular weight is 422 g/mol. The van der Waals surface area contributed by atoms with E-state index in [0.29, 0.717) is 11.8 Å². The Balaban J connectivity index is 1.57. The highest BCUT2D eigenvalue weighted by Gasteiger charge is 2.19. The van der Waals surface area contributed by atoms with Gasteiger partial charge in [0.25, 0.3) is 0 Å². The zero-order chi connectivity index (χ0) is 20.9. The van der Waals surface area contributed by atoms with Crippen LogP contribution < -0.4 is 10.1 Å². The van der Waals surface area contributed by atoms with Gasteiger partial charge in [-0.2, -0.15) is 0 Å². The summed E-state index contributed by atoms with van der Waals surface area (Å²) in [6, 6.07) is 16.5. The average Bonchev–Trinajstić information content (AvgIpc) is 3.43. The Kier molecular flexibility index (Phi) is 6.43. The molecule has 3 aromatic rings. The standard InChI is InChI=1S/C24H27N3O2S/c1-16-7-9-18(10-8-16)23-26-22(17-11-13-20(29-2)14-12-17)24(27-23)30-15-21(28)25-19-5-3-4-6-19/h7-14,19H,3-6,15H2,1-2H3,(H,25,28)(H,26,27). The lowest BCUT2D eigenvalue weighted by molar-refractivity contribution is -0.119. The summed E-state index contributed by atoms with van der Waals surface area (Å²) in [4.78, 5) is 20.7. The van der Waals surface area contributed by atoms with Gasteiger partial charge >= 0.3 is 0 Å². The molecule has 0 spiro atoms. The number of methoxy groups -OCH3 is 1. The predicted octanol–water partition coefficient (Wildman–Crippen LogP) is 5.21. The molecule has 0 bridgehead atoms. The van der Waals surface area contributed by atoms with Crippen molar-refractivity contribution in [2.75, 3.05) is 12.9 Å². The number of benzene rings is 2. The molecule has 1 fully saturated rings. The number of ether oxygens (including phenoxy) is 1. The van der Waals surface area contributed by atoms with E-state index in [1.165, 1.54) is 30.2 Å². The molecule has 0 aliphatic heterocycles. The van der Waals surface area contributed by atoms with Gasteiger partial charge in [-0.25, -0.2) is 4.98 Å². The predicted molar refractivity (Wildman–Crippen MR) is 122 cm³/mol. The molecule has 1 heterocycles. The van der Waals surface area contributed by atoms with Gasteiger partial charge in [0.1, 0.15) is 16.6 Å². The van der Waals surface area contributed by atoms with Crippen molar-refractivity contribution in [1.82, 2.24) is 15.3 Å². The number of nitrogens with zero attached hydrogens (tertiary/aromatic N) is 1. The van der Waals surface area contributed by atoms with Crippen LogP contribution in [0.15, 0.2) is 53.6 Å². The number of aryl methyl sites for hydroxylation is 1. The van der Waals surface area contributed by atoms with Gasteiger partial charge in [0.05, 0.1) is 18.6 Å². The maximum Gasteiger partial charge on any atom is 0.230 e. The van der Waals surface area contributed by atoms with Gasteiger partial charge < -0.3 is 15.0 Å². The molecule has 156 valence electrons. The van der Waals surface area contributed by atoms with Gasteiger partial charge in [0.15, 0.2) is 0 Å². The zero-order valence-electron chi connectivity index (χ0n) is 17.4. The Morgan fingerprint density at radius 2 is 1.77 bits per heavy atom. The van der Waals surface area contributed by atoms with Gasteiger partial charge in [-0.05, 0) is 44.0 Å². The van der Waals surface area contributed by atoms with Gasteiger partial charge in [-0.15, -0.1) is 0 Å². The first-order valence-electron chi connectivity index (χ1n) is 10.4. The Bertz CT molecular complexity index is 990. The van der Waals surface area contributed by atoms with E-state index in [1.54, 1.807) is 7.11 Å². The van der Waals surface area contributed by atoms with Crippen LogP contribution in [0.25, 0.3) is 22.6 Å². The van der Waals surface area contributed by atoms with Crippen molar-refractivity contribution in [3.05, 3.63) is 54.1 Å². The third-order valence-corrected chi connectivity index (χ3v) is 6.41. The van der Waals surface area contributed by atoms with E-state index in [4.69, 9.17) is 9.72 Å². The third kappa shape index (κ3) is 4.87. The number of hydrogen-bond acceptors (Lipinski definition) is 4. The second-order valence-corrected chi connectivity index (χ2v) is 8.66. The fraction of sp³-hybridized carbons (Fsp3) is 0.333. The van der Waals surface area contributed by atoms with Crippen molar-refractivity contribution >= 4 is 17.7 Å². The van der Waals surface area contributed by atoms with E-state index in [2.05, 4.69) is 41.5 Å². The smallest absolute Gasteiger partial charge is 0.230 e. The van der Waals surface area contributed by atoms with Crippen LogP contribution >= 0.6 is 11.8 Å². The Hall–Kier alpha value is -2.73. The summed E-state index contributed by atoms with van der Waals surface area (Å²) in [5.41, 5.74) is 4.17. The number of carbonyl (C=O) groups is 1. The lowest BCUT2D eigenvalue weighted by atomic mass is 10.1. The molecule has 2 aromatic carbocycles. The molecule has 5 nitrogen and oxygen atoms in total. The third-order valence-electron chi connectivity index (χ3n) is 5.43. The number of aromatic amines is 1. The summed E-state index contributed by atoms with van der Waals surface area (Å²) < 4.78 is 5.28. The lowest BCUT2D eigenvalue weighted by Gasteiger charge is -2.11. The number of rotatable bonds is 7. The van der Waals surface area contributed by atoms with Crippen LogP contribution in [0.3, 0.4) is 0 Å². The monoisotopic (exact) mass is 421 g/mol. The van der Waals surface area contributed by atoms with E-state index in [-0.39, 0.29) is 5.91 Å². The van der Waals surface area contributed by atoms with E-state index in [1.807, 2.05) is 24.3 Å². The van der Waals surface area contributed by atoms with Crippen molar-refractivity contribution < 1.29 is 9.53 Å². The summed E-state index contributed by atoms with van der Waals surface area (Å²) in [5, 5.41) is 3.98. The molecule has 1 aromatic heterocycles. The summed E-state index contributed by atoms with van der Waals surface area (Å²) in [6.07, 6.45) is 4.60. The second kappa shape index (κ2) is 9.39. The SMILES string of the molecule is COc1ccc(-c2[nH]c(-c3ccc(C)cc3)nc2SCC(=O)NC2CCCC2)cc1. The van der Waals surface area contributed by atoms with E-state index >= 15 is 0 Å². The van der Waals surface area contributed by atoms with Gasteiger partial charge in [-0.1, -0.05) is 54.4 Å². The number of aromatic nitrogens is 2. The highest BCUT2D eigenvalue weighted by Crippen LogP contribution is 2.33. The molecule has 30 heavy (non-hydrogen) atoms. The number of amides is 1. The summed E-state index contributed by atoms with van der Waals surface area (Å²) in [6.45, 7) is 2.07. The molecule has 0 atom stereocenters. The minimum Gasteiger partial charge on any atom is -0.497 e. The fourth-order valence-corrected chi connectivity index (χ4v) is 4.56. The number of imidazole rings is 1. The van der Waals surface area contributed by atoms with Crippen molar-refractivity contribution in [2.24, 2.45) is 0 Å². The Morgan fingerprint density at radius 3 is 2.43 bits per heavy atom. The van der Waals surface area contributed by atoms with Crippen LogP contribution in [0.5, 0.6) is 5.75 Å². The van der Waals surface area contributed by atoms with Gasteiger partial charge in [0.2, 0.25) is 5.91 Å². The van der Waals surface area contributed by atoms with Crippen molar-refractivity contribution in [3.8, 4) is 28.4 Å². The molecule has 0 saturated heterocycles. The molecular formula is C24H27N3O2S. The molecule has 4 rings (SSSR count). The minimum absolute atomic E-state index is 0.0764. The van der Waals surface area contributed by atoms with Crippen molar-refractivity contribution in [3.63, 3.8) is 0 Å². The number of nitrogens with one attached hydrogen (secondary N) is 2. The molecule has 1 aliphatic carbocycles. The molecular weight excluding hydrogens is 394 g/mol. The summed E-state index contributed by atoms with van der Waals surface area (Å²) in [5.74, 6) is 2.05. The molecule has 0 unspecified atom stereocenters. The van der Waals surface area contributed by atoms with E-state index in [9.17, 15) is 4.79 Å². The molecule has 6 heteroatoms. The number of thioether (sulfide) groups is 1. The van der Waals surface area contributed by atoms with E-state index < -0.39 is 0 Å². The zero-order valence-corrected chi connectivity index (χ0v) is 18.2. The summed E-state index contributed by atoms with van der Waals surface area (Å²) >= 11 is 1.48. The molecule has 1 amide bonds. The van der Waals surface area contributed by atoms with E-state index in [0.717, 1.165) is 46.3 Å². The van der Waals surface area contributed by atoms with Crippen LogP contribution in [0.1, 0.15) is 31.2 Å². The fourth-order valence-electron chi connectivity index (χ4n) is 3.74. The highest BCUT2D eigenvalue weighted by atomic mass is 32.2. The van der Waals surface area contributed by atoms with Gasteiger partial charge in [-0.3, -0.25) is 4.79 Å². The quantitative estimate of drug-likeness (QED) is 0.514. The van der Waals surface area contributed by atoms with Crippen LogP contribution in [0.4, 0.5) is 0 Å². The highest BCUT2D eigenvalue weighted by molar-refractivity contribution is 8.00. The molecule has 1 saturated carbocycles. The van der Waals surface area contributed by atoms with Gasteiger partial charge in [0, 0.05) is 17.2 Å². The van der Waals surface area contributed by atoms with Crippen molar-refractivity contribution in [1.29, 1.82) is 0 Å². The van der Waals surface area contributed by atoms with Crippen molar-refractivity contribution in [2.45, 2.75) is 43.7 Å². The summed E-state index contributed by atoms with van der Waals surface area (Å²) in [7, 11) is 1.66. The maximum absolute atomic E-state index is 12.4. The topological polar surface area (TPSA) is 67.0 Å². The Morgan fingerprint density at radius 1 is 1.10 bits per heavy atom. The second-order valence-electron chi connectivity index (χ2n) is 7.70. The largest absolute Gasteiger partial charge is 0.497 e. The first-order chi connectivity index (χ1) is 14.6. The normalized spacial score (nSPS) is 14.1. The minimum atomic E-state index is 0.0764. The molecule has 2 N–H and O–H groups in total. The molecule has 0 radical (unpaired) electrons. The number of carbonyl (C=O) groups excluding carboxylic acids is 1.